The number of hydrogen-bond acceptors (Lipinski definition) is 4. The highest BCUT2D eigenvalue weighted by atomic mass is 16.6. The fourth-order valence-corrected chi connectivity index (χ4v) is 4.42. The molecule has 6 nitrogen and oxygen atoms in total. The average Bonchev–Trinajstić information content (AvgIpc) is 2.83. The Hall–Kier alpha value is -1.56. The summed E-state index contributed by atoms with van der Waals surface area (Å²) < 4.78 is 11.3. The van der Waals surface area contributed by atoms with E-state index in [2.05, 4.69) is 0 Å². The molecule has 1 N–H and O–H groups in total. The lowest BCUT2D eigenvalue weighted by Gasteiger charge is -2.33. The molecule has 0 aromatic heterocycles. The van der Waals surface area contributed by atoms with Crippen LogP contribution in [0.2, 0.25) is 0 Å². The summed E-state index contributed by atoms with van der Waals surface area (Å²) in [6.07, 6.45) is 7.09. The molecule has 27 heavy (non-hydrogen) atoms. The third-order valence-electron chi connectivity index (χ3n) is 5.70. The van der Waals surface area contributed by atoms with Crippen molar-refractivity contribution >= 4 is 12.1 Å². The minimum absolute atomic E-state index is 0.0232. The van der Waals surface area contributed by atoms with E-state index in [1.165, 1.54) is 24.2 Å². The van der Waals surface area contributed by atoms with Gasteiger partial charge in [-0.1, -0.05) is 46.0 Å². The van der Waals surface area contributed by atoms with E-state index in [0.29, 0.717) is 18.1 Å². The van der Waals surface area contributed by atoms with Crippen molar-refractivity contribution in [2.45, 2.75) is 91.0 Å². The Morgan fingerprint density at radius 3 is 2.41 bits per heavy atom. The first-order chi connectivity index (χ1) is 12.7. The normalized spacial score (nSPS) is 26.4. The van der Waals surface area contributed by atoms with Gasteiger partial charge in [-0.25, -0.2) is 9.59 Å². The van der Waals surface area contributed by atoms with Gasteiger partial charge >= 0.3 is 12.1 Å². The summed E-state index contributed by atoms with van der Waals surface area (Å²) in [5.41, 5.74) is -0.373. The van der Waals surface area contributed by atoms with Crippen molar-refractivity contribution in [1.82, 2.24) is 4.90 Å². The van der Waals surface area contributed by atoms with Gasteiger partial charge in [-0.15, -0.1) is 0 Å². The summed E-state index contributed by atoms with van der Waals surface area (Å²) in [6, 6.07) is -0.288. The zero-order valence-corrected chi connectivity index (χ0v) is 17.4. The van der Waals surface area contributed by atoms with Gasteiger partial charge in [0.05, 0.1) is 18.8 Å². The SMILES string of the molecule is CCOC(=O)C(=CC1OC(C)(C)N(C(=O)O)C1CC1CCCCC1)C(C)C. The number of hydrogen-bond donors (Lipinski definition) is 1. The van der Waals surface area contributed by atoms with Gasteiger partial charge in [0, 0.05) is 5.57 Å². The van der Waals surface area contributed by atoms with Crippen LogP contribution in [-0.4, -0.2) is 46.5 Å². The first-order valence-electron chi connectivity index (χ1n) is 10.3. The van der Waals surface area contributed by atoms with E-state index in [0.717, 1.165) is 19.3 Å². The molecule has 0 radical (unpaired) electrons. The van der Waals surface area contributed by atoms with Crippen molar-refractivity contribution in [3.8, 4) is 0 Å². The van der Waals surface area contributed by atoms with Gasteiger partial charge in [0.1, 0.15) is 5.72 Å². The summed E-state index contributed by atoms with van der Waals surface area (Å²) in [7, 11) is 0. The molecule has 1 aliphatic heterocycles. The highest BCUT2D eigenvalue weighted by Gasteiger charge is 2.50. The summed E-state index contributed by atoms with van der Waals surface area (Å²) in [4.78, 5) is 25.8. The fourth-order valence-electron chi connectivity index (χ4n) is 4.42. The molecular formula is C21H35NO5. The standard InChI is InChI=1S/C21H35NO5/c1-6-26-19(23)16(14(2)3)13-18-17(12-15-10-8-7-9-11-15)22(20(24)25)21(4,5)27-18/h13-15,17-18H,6-12H2,1-5H3,(H,24,25). The highest BCUT2D eigenvalue weighted by Crippen LogP contribution is 2.39. The third-order valence-corrected chi connectivity index (χ3v) is 5.70. The van der Waals surface area contributed by atoms with Crippen LogP contribution in [0.15, 0.2) is 11.6 Å². The average molecular weight is 382 g/mol. The van der Waals surface area contributed by atoms with Crippen molar-refractivity contribution in [2.24, 2.45) is 11.8 Å². The molecule has 1 aliphatic carbocycles. The quantitative estimate of drug-likeness (QED) is 0.538. The molecule has 1 saturated carbocycles. The van der Waals surface area contributed by atoms with Gasteiger partial charge in [-0.3, -0.25) is 4.90 Å². The molecule has 154 valence electrons. The lowest BCUT2D eigenvalue weighted by molar-refractivity contribution is -0.139. The largest absolute Gasteiger partial charge is 0.465 e. The van der Waals surface area contributed by atoms with Crippen molar-refractivity contribution in [2.75, 3.05) is 6.61 Å². The molecule has 0 spiro atoms. The third kappa shape index (κ3) is 5.24. The van der Waals surface area contributed by atoms with Crippen molar-refractivity contribution in [1.29, 1.82) is 0 Å². The van der Waals surface area contributed by atoms with Crippen molar-refractivity contribution in [3.63, 3.8) is 0 Å². The summed E-state index contributed by atoms with van der Waals surface area (Å²) >= 11 is 0. The number of esters is 1. The molecule has 0 bridgehead atoms. The summed E-state index contributed by atoms with van der Waals surface area (Å²) in [6.45, 7) is 9.53. The van der Waals surface area contributed by atoms with Gasteiger partial charge < -0.3 is 14.6 Å². The molecule has 0 aromatic carbocycles. The van der Waals surface area contributed by atoms with Crippen molar-refractivity contribution in [3.05, 3.63) is 11.6 Å². The lowest BCUT2D eigenvalue weighted by atomic mass is 9.83. The maximum absolute atomic E-state index is 12.4. The number of rotatable bonds is 6. The molecule has 2 atom stereocenters. The van der Waals surface area contributed by atoms with Crippen LogP contribution in [0.1, 0.15) is 73.1 Å². The number of carbonyl (C=O) groups is 2. The van der Waals surface area contributed by atoms with Gasteiger partial charge in [0.15, 0.2) is 0 Å². The van der Waals surface area contributed by atoms with E-state index in [1.807, 2.05) is 13.8 Å². The Morgan fingerprint density at radius 1 is 1.26 bits per heavy atom. The smallest absolute Gasteiger partial charge is 0.409 e. The Labute approximate surface area is 162 Å². The molecule has 2 fully saturated rings. The molecule has 1 saturated heterocycles. The molecule has 2 unspecified atom stereocenters. The van der Waals surface area contributed by atoms with Crippen LogP contribution in [0.3, 0.4) is 0 Å². The van der Waals surface area contributed by atoms with Gasteiger partial charge in [-0.05, 0) is 45.1 Å². The number of nitrogens with zero attached hydrogens (tertiary/aromatic N) is 1. The second-order valence-electron chi connectivity index (χ2n) is 8.49. The molecule has 0 aromatic rings. The maximum atomic E-state index is 12.4. The Bertz CT molecular complexity index is 563. The van der Waals surface area contributed by atoms with E-state index in [9.17, 15) is 14.7 Å². The molecular weight excluding hydrogens is 346 g/mol. The minimum atomic E-state index is -0.973. The van der Waals surface area contributed by atoms with Crippen LogP contribution < -0.4 is 0 Å². The molecule has 6 heteroatoms. The van der Waals surface area contributed by atoms with Gasteiger partial charge in [0.25, 0.3) is 0 Å². The zero-order valence-electron chi connectivity index (χ0n) is 17.4. The van der Waals surface area contributed by atoms with Gasteiger partial charge in [0.2, 0.25) is 0 Å². The Kier molecular flexibility index (Phi) is 7.32. The van der Waals surface area contributed by atoms with E-state index in [-0.39, 0.29) is 17.9 Å². The Morgan fingerprint density at radius 2 is 1.89 bits per heavy atom. The van der Waals surface area contributed by atoms with Crippen LogP contribution in [0, 0.1) is 11.8 Å². The highest BCUT2D eigenvalue weighted by molar-refractivity contribution is 5.89. The zero-order chi connectivity index (χ0) is 20.2. The van der Waals surface area contributed by atoms with Crippen LogP contribution in [0.25, 0.3) is 0 Å². The predicted octanol–water partition coefficient (Wildman–Crippen LogP) is 4.59. The fraction of sp³-hybridized carbons (Fsp3) is 0.810. The summed E-state index contributed by atoms with van der Waals surface area (Å²) in [5, 5.41) is 9.84. The van der Waals surface area contributed by atoms with E-state index >= 15 is 0 Å². The number of carbonyl (C=O) groups excluding carboxylic acids is 1. The molecule has 1 amide bonds. The molecule has 2 rings (SSSR count). The van der Waals surface area contributed by atoms with Crippen LogP contribution in [0.5, 0.6) is 0 Å². The van der Waals surface area contributed by atoms with Gasteiger partial charge in [-0.2, -0.15) is 0 Å². The predicted molar refractivity (Wildman–Crippen MR) is 103 cm³/mol. The molecule has 1 heterocycles. The van der Waals surface area contributed by atoms with Crippen molar-refractivity contribution < 1.29 is 24.2 Å². The number of ether oxygens (including phenoxy) is 2. The minimum Gasteiger partial charge on any atom is -0.465 e. The first kappa shape index (κ1) is 21.7. The van der Waals surface area contributed by atoms with Crippen LogP contribution in [-0.2, 0) is 14.3 Å². The topological polar surface area (TPSA) is 76.1 Å². The van der Waals surface area contributed by atoms with E-state index in [1.54, 1.807) is 26.8 Å². The second kappa shape index (κ2) is 9.09. The summed E-state index contributed by atoms with van der Waals surface area (Å²) in [5.74, 6) is 0.133. The second-order valence-corrected chi connectivity index (χ2v) is 8.49. The first-order valence-corrected chi connectivity index (χ1v) is 10.3. The number of carboxylic acid groups (broad SMARTS) is 1. The monoisotopic (exact) mass is 381 g/mol. The lowest BCUT2D eigenvalue weighted by Crippen LogP contribution is -2.48. The van der Waals surface area contributed by atoms with Crippen LogP contribution >= 0.6 is 0 Å². The number of amides is 1. The maximum Gasteiger partial charge on any atom is 0.409 e. The van der Waals surface area contributed by atoms with E-state index in [4.69, 9.17) is 9.47 Å². The van der Waals surface area contributed by atoms with E-state index < -0.39 is 17.9 Å². The van der Waals surface area contributed by atoms with Crippen LogP contribution in [0.4, 0.5) is 4.79 Å². The Balaban J connectivity index is 2.33. The molecule has 2 aliphatic rings.